The third-order valence-electron chi connectivity index (χ3n) is 3.93. The van der Waals surface area contributed by atoms with Crippen LogP contribution in [0.1, 0.15) is 42.3 Å². The summed E-state index contributed by atoms with van der Waals surface area (Å²) in [6.45, 7) is 8.84. The van der Waals surface area contributed by atoms with Gasteiger partial charge in [0.05, 0.1) is 11.4 Å². The van der Waals surface area contributed by atoms with Crippen LogP contribution >= 0.6 is 0 Å². The molecule has 0 aliphatic rings. The van der Waals surface area contributed by atoms with Gasteiger partial charge < -0.3 is 10.6 Å². The topological polar surface area (TPSA) is 104 Å². The number of anilines is 1. The molecule has 2 amide bonds. The summed E-state index contributed by atoms with van der Waals surface area (Å²) in [6.07, 6.45) is 0. The molecule has 29 heavy (non-hydrogen) atoms. The highest BCUT2D eigenvalue weighted by Gasteiger charge is 2.20. The SMILES string of the molecule is Cc1cccc(NS(=O)(=O)c2cc(C(=O)NCC(=O)NC(C)(C)C)ccc2C)c1. The first-order valence-corrected chi connectivity index (χ1v) is 10.6. The maximum Gasteiger partial charge on any atom is 0.262 e. The molecular formula is C21H27N3O4S. The van der Waals surface area contributed by atoms with E-state index in [1.54, 1.807) is 31.2 Å². The van der Waals surface area contributed by atoms with Crippen molar-refractivity contribution in [3.05, 3.63) is 59.2 Å². The van der Waals surface area contributed by atoms with E-state index in [1.165, 1.54) is 12.1 Å². The number of carbonyl (C=O) groups excluding carboxylic acids is 2. The van der Waals surface area contributed by atoms with E-state index in [4.69, 9.17) is 0 Å². The zero-order chi connectivity index (χ0) is 21.8. The van der Waals surface area contributed by atoms with Crippen LogP contribution < -0.4 is 15.4 Å². The summed E-state index contributed by atoms with van der Waals surface area (Å²) < 4.78 is 28.2. The van der Waals surface area contributed by atoms with Gasteiger partial charge in [-0.15, -0.1) is 0 Å². The first-order chi connectivity index (χ1) is 13.4. The van der Waals surface area contributed by atoms with E-state index in [9.17, 15) is 18.0 Å². The van der Waals surface area contributed by atoms with E-state index in [1.807, 2.05) is 33.8 Å². The van der Waals surface area contributed by atoms with Crippen LogP contribution in [0.5, 0.6) is 0 Å². The van der Waals surface area contributed by atoms with Crippen molar-refractivity contribution in [3.63, 3.8) is 0 Å². The summed E-state index contributed by atoms with van der Waals surface area (Å²) >= 11 is 0. The average molecular weight is 418 g/mol. The number of aryl methyl sites for hydroxylation is 2. The Bertz CT molecular complexity index is 1020. The highest BCUT2D eigenvalue weighted by Crippen LogP contribution is 2.21. The molecule has 0 radical (unpaired) electrons. The monoisotopic (exact) mass is 417 g/mol. The minimum absolute atomic E-state index is 0.00537. The molecule has 8 heteroatoms. The highest BCUT2D eigenvalue weighted by atomic mass is 32.2. The standard InChI is InChI=1S/C21H27N3O4S/c1-14-7-6-8-17(11-14)24-29(27,28)18-12-16(10-9-15(18)2)20(26)22-13-19(25)23-21(3,4)5/h6-12,24H,13H2,1-5H3,(H,22,26)(H,23,25). The molecule has 0 atom stereocenters. The van der Waals surface area contributed by atoms with Crippen LogP contribution in [0.3, 0.4) is 0 Å². The number of amides is 2. The van der Waals surface area contributed by atoms with Crippen LogP contribution in [0.15, 0.2) is 47.4 Å². The average Bonchev–Trinajstić information content (AvgIpc) is 2.58. The normalized spacial score (nSPS) is 11.6. The summed E-state index contributed by atoms with van der Waals surface area (Å²) in [5.41, 5.74) is 1.62. The van der Waals surface area contributed by atoms with Crippen LogP contribution in [0.4, 0.5) is 5.69 Å². The summed E-state index contributed by atoms with van der Waals surface area (Å²) in [5, 5.41) is 5.25. The molecule has 0 aliphatic heterocycles. The Morgan fingerprint density at radius 1 is 1.00 bits per heavy atom. The molecule has 156 valence electrons. The lowest BCUT2D eigenvalue weighted by molar-refractivity contribution is -0.121. The maximum absolute atomic E-state index is 12.8. The molecule has 0 saturated carbocycles. The van der Waals surface area contributed by atoms with Crippen molar-refractivity contribution in [1.82, 2.24) is 10.6 Å². The molecule has 0 unspecified atom stereocenters. The third kappa shape index (κ3) is 6.60. The molecule has 0 aromatic heterocycles. The Morgan fingerprint density at radius 3 is 2.31 bits per heavy atom. The van der Waals surface area contributed by atoms with Gasteiger partial charge >= 0.3 is 0 Å². The molecular weight excluding hydrogens is 390 g/mol. The number of hydrogen-bond donors (Lipinski definition) is 3. The Morgan fingerprint density at radius 2 is 1.69 bits per heavy atom. The lowest BCUT2D eigenvalue weighted by atomic mass is 10.1. The maximum atomic E-state index is 12.8. The summed E-state index contributed by atoms with van der Waals surface area (Å²) in [4.78, 5) is 24.3. The van der Waals surface area contributed by atoms with Gasteiger partial charge in [0.1, 0.15) is 0 Å². The lowest BCUT2D eigenvalue weighted by Crippen LogP contribution is -2.45. The fourth-order valence-corrected chi connectivity index (χ4v) is 4.00. The van der Waals surface area contributed by atoms with Crippen molar-refractivity contribution in [2.45, 2.75) is 45.1 Å². The van der Waals surface area contributed by atoms with Crippen molar-refractivity contribution in [1.29, 1.82) is 0 Å². The quantitative estimate of drug-likeness (QED) is 0.672. The van der Waals surface area contributed by atoms with Gasteiger partial charge in [-0.1, -0.05) is 18.2 Å². The van der Waals surface area contributed by atoms with Crippen molar-refractivity contribution in [3.8, 4) is 0 Å². The first-order valence-electron chi connectivity index (χ1n) is 9.17. The van der Waals surface area contributed by atoms with Crippen molar-refractivity contribution < 1.29 is 18.0 Å². The van der Waals surface area contributed by atoms with Crippen LogP contribution in [0.25, 0.3) is 0 Å². The fraction of sp³-hybridized carbons (Fsp3) is 0.333. The van der Waals surface area contributed by atoms with Crippen LogP contribution in [0.2, 0.25) is 0 Å². The Balaban J connectivity index is 2.18. The number of sulfonamides is 1. The Hall–Kier alpha value is -2.87. The third-order valence-corrected chi connectivity index (χ3v) is 5.46. The van der Waals surface area contributed by atoms with E-state index in [2.05, 4.69) is 15.4 Å². The number of benzene rings is 2. The van der Waals surface area contributed by atoms with E-state index in [-0.39, 0.29) is 22.9 Å². The molecule has 2 rings (SSSR count). The molecule has 0 heterocycles. The van der Waals surface area contributed by atoms with Gasteiger partial charge in [0.2, 0.25) is 5.91 Å². The van der Waals surface area contributed by atoms with E-state index in [0.717, 1.165) is 5.56 Å². The smallest absolute Gasteiger partial charge is 0.262 e. The van der Waals surface area contributed by atoms with Gasteiger partial charge in [0.25, 0.3) is 15.9 Å². The molecule has 0 spiro atoms. The van der Waals surface area contributed by atoms with E-state index in [0.29, 0.717) is 11.3 Å². The first kappa shape index (κ1) is 22.4. The van der Waals surface area contributed by atoms with E-state index >= 15 is 0 Å². The second-order valence-electron chi connectivity index (χ2n) is 7.94. The van der Waals surface area contributed by atoms with E-state index < -0.39 is 21.5 Å². The van der Waals surface area contributed by atoms with Gasteiger partial charge in [-0.05, 0) is 70.0 Å². The number of hydrogen-bond acceptors (Lipinski definition) is 4. The summed E-state index contributed by atoms with van der Waals surface area (Å²) in [5.74, 6) is -0.854. The van der Waals surface area contributed by atoms with Gasteiger partial charge in [0.15, 0.2) is 0 Å². The summed E-state index contributed by atoms with van der Waals surface area (Å²) in [6, 6.07) is 11.4. The van der Waals surface area contributed by atoms with Crippen molar-refractivity contribution >= 4 is 27.5 Å². The number of nitrogens with one attached hydrogen (secondary N) is 3. The zero-order valence-corrected chi connectivity index (χ0v) is 18.1. The van der Waals surface area contributed by atoms with Gasteiger partial charge in [-0.25, -0.2) is 8.42 Å². The van der Waals surface area contributed by atoms with Gasteiger partial charge in [-0.3, -0.25) is 14.3 Å². The molecule has 0 bridgehead atoms. The van der Waals surface area contributed by atoms with Gasteiger partial charge in [-0.2, -0.15) is 0 Å². The molecule has 3 N–H and O–H groups in total. The molecule has 7 nitrogen and oxygen atoms in total. The highest BCUT2D eigenvalue weighted by molar-refractivity contribution is 7.92. The minimum Gasteiger partial charge on any atom is -0.350 e. The molecule has 2 aromatic carbocycles. The Kier molecular flexibility index (Phi) is 6.69. The largest absolute Gasteiger partial charge is 0.350 e. The number of carbonyl (C=O) groups is 2. The molecule has 0 fully saturated rings. The van der Waals surface area contributed by atoms with Crippen LogP contribution in [0, 0.1) is 13.8 Å². The second kappa shape index (κ2) is 8.65. The van der Waals surface area contributed by atoms with Crippen molar-refractivity contribution in [2.75, 3.05) is 11.3 Å². The summed E-state index contributed by atoms with van der Waals surface area (Å²) in [7, 11) is -3.88. The minimum atomic E-state index is -3.88. The second-order valence-corrected chi connectivity index (χ2v) is 9.59. The molecule has 2 aromatic rings. The van der Waals surface area contributed by atoms with Crippen LogP contribution in [-0.4, -0.2) is 32.3 Å². The van der Waals surface area contributed by atoms with Crippen LogP contribution in [-0.2, 0) is 14.8 Å². The fourth-order valence-electron chi connectivity index (χ4n) is 2.67. The van der Waals surface area contributed by atoms with Gasteiger partial charge in [0, 0.05) is 16.8 Å². The predicted octanol–water partition coefficient (Wildman–Crippen LogP) is 2.75. The lowest BCUT2D eigenvalue weighted by Gasteiger charge is -2.20. The zero-order valence-electron chi connectivity index (χ0n) is 17.3. The number of rotatable bonds is 6. The molecule has 0 saturated heterocycles. The van der Waals surface area contributed by atoms with Crippen molar-refractivity contribution in [2.24, 2.45) is 0 Å². The predicted molar refractivity (Wildman–Crippen MR) is 113 cm³/mol. The molecule has 0 aliphatic carbocycles. The Labute approximate surface area is 172 Å².